The Hall–Kier alpha value is -3.47. The van der Waals surface area contributed by atoms with Crippen LogP contribution in [-0.2, 0) is 0 Å². The van der Waals surface area contributed by atoms with Gasteiger partial charge in [-0.1, -0.05) is 30.3 Å². The van der Waals surface area contributed by atoms with Crippen molar-refractivity contribution < 1.29 is 14.6 Å². The van der Waals surface area contributed by atoms with Crippen molar-refractivity contribution in [3.05, 3.63) is 83.4 Å². The van der Waals surface area contributed by atoms with Crippen molar-refractivity contribution in [1.82, 2.24) is 0 Å². The number of carbonyl (C=O) groups is 1. The van der Waals surface area contributed by atoms with Crippen molar-refractivity contribution in [3.8, 4) is 11.5 Å². The van der Waals surface area contributed by atoms with Crippen LogP contribution < -0.4 is 15.0 Å². The fourth-order valence-electron chi connectivity index (χ4n) is 3.41. The molecule has 1 unspecified atom stereocenters. The van der Waals surface area contributed by atoms with Crippen LogP contribution >= 0.6 is 0 Å². The topological polar surface area (TPSA) is 61.8 Å². The number of benzene rings is 3. The van der Waals surface area contributed by atoms with Gasteiger partial charge in [0.25, 0.3) is 5.91 Å². The summed E-state index contributed by atoms with van der Waals surface area (Å²) in [5.41, 5.74) is 4.01. The van der Waals surface area contributed by atoms with Gasteiger partial charge in [-0.15, -0.1) is 0 Å². The monoisotopic (exact) mass is 360 g/mol. The lowest BCUT2D eigenvalue weighted by Gasteiger charge is -2.38. The standard InChI is InChI=1S/C22H20N2O3/c1-14-6-5-7-16(12-14)24-21(15-10-11-20(27-2)19(25)13-15)23-18-9-4-3-8-17(18)22(24)26/h3-13,21,23,25H,1-2H3. The number of aryl methyl sites for hydroxylation is 1. The zero-order valence-electron chi connectivity index (χ0n) is 15.1. The SMILES string of the molecule is COc1ccc(C2Nc3ccccc3C(=O)N2c2cccc(C)c2)cc1O. The van der Waals surface area contributed by atoms with E-state index < -0.39 is 6.17 Å². The second-order valence-corrected chi connectivity index (χ2v) is 6.54. The van der Waals surface area contributed by atoms with Gasteiger partial charge in [-0.05, 0) is 54.4 Å². The van der Waals surface area contributed by atoms with Gasteiger partial charge in [-0.3, -0.25) is 9.69 Å². The summed E-state index contributed by atoms with van der Waals surface area (Å²) in [4.78, 5) is 15.0. The number of carbonyl (C=O) groups excluding carboxylic acids is 1. The van der Waals surface area contributed by atoms with Crippen LogP contribution in [0.1, 0.15) is 27.7 Å². The summed E-state index contributed by atoms with van der Waals surface area (Å²) in [6.45, 7) is 1.99. The second kappa shape index (κ2) is 6.68. The first-order chi connectivity index (χ1) is 13.1. The van der Waals surface area contributed by atoms with Gasteiger partial charge in [-0.2, -0.15) is 0 Å². The highest BCUT2D eigenvalue weighted by Crippen LogP contribution is 2.39. The molecule has 3 aromatic rings. The molecule has 1 amide bonds. The van der Waals surface area contributed by atoms with E-state index in [9.17, 15) is 9.90 Å². The maximum absolute atomic E-state index is 13.3. The highest BCUT2D eigenvalue weighted by atomic mass is 16.5. The average Bonchev–Trinajstić information content (AvgIpc) is 2.68. The van der Waals surface area contributed by atoms with Gasteiger partial charge in [0.05, 0.1) is 12.7 Å². The second-order valence-electron chi connectivity index (χ2n) is 6.54. The summed E-state index contributed by atoms with van der Waals surface area (Å²) < 4.78 is 5.14. The zero-order chi connectivity index (χ0) is 19.0. The molecule has 1 heterocycles. The zero-order valence-corrected chi connectivity index (χ0v) is 15.1. The lowest BCUT2D eigenvalue weighted by Crippen LogP contribution is -2.43. The third-order valence-corrected chi connectivity index (χ3v) is 4.73. The van der Waals surface area contributed by atoms with E-state index in [-0.39, 0.29) is 11.7 Å². The van der Waals surface area contributed by atoms with Crippen molar-refractivity contribution in [2.45, 2.75) is 13.1 Å². The van der Waals surface area contributed by atoms with E-state index in [1.165, 1.54) is 7.11 Å². The molecule has 1 aliphatic rings. The van der Waals surface area contributed by atoms with Crippen molar-refractivity contribution in [2.24, 2.45) is 0 Å². The Balaban J connectivity index is 1.86. The summed E-state index contributed by atoms with van der Waals surface area (Å²) in [5, 5.41) is 13.7. The summed E-state index contributed by atoms with van der Waals surface area (Å²) in [7, 11) is 1.51. The van der Waals surface area contributed by atoms with E-state index in [1.807, 2.05) is 61.5 Å². The van der Waals surface area contributed by atoms with Crippen LogP contribution in [-0.4, -0.2) is 18.1 Å². The fraction of sp³-hybridized carbons (Fsp3) is 0.136. The minimum Gasteiger partial charge on any atom is -0.504 e. The molecular weight excluding hydrogens is 340 g/mol. The van der Waals surface area contributed by atoms with E-state index in [2.05, 4.69) is 5.32 Å². The number of aromatic hydroxyl groups is 1. The van der Waals surface area contributed by atoms with Crippen molar-refractivity contribution in [2.75, 3.05) is 17.3 Å². The molecule has 1 aliphatic heterocycles. The Morgan fingerprint density at radius 2 is 1.85 bits per heavy atom. The number of nitrogens with zero attached hydrogens (tertiary/aromatic N) is 1. The number of phenolic OH excluding ortho intramolecular Hbond substituents is 1. The van der Waals surface area contributed by atoms with Crippen LogP contribution in [0.4, 0.5) is 11.4 Å². The minimum atomic E-state index is -0.453. The number of fused-ring (bicyclic) bond motifs is 1. The van der Waals surface area contributed by atoms with E-state index in [4.69, 9.17) is 4.74 Å². The predicted molar refractivity (Wildman–Crippen MR) is 105 cm³/mol. The quantitative estimate of drug-likeness (QED) is 0.723. The van der Waals surface area contributed by atoms with Gasteiger partial charge in [0.1, 0.15) is 6.17 Å². The highest BCUT2D eigenvalue weighted by Gasteiger charge is 2.34. The molecule has 2 N–H and O–H groups in total. The van der Waals surface area contributed by atoms with Gasteiger partial charge in [-0.25, -0.2) is 0 Å². The molecule has 0 bridgehead atoms. The number of para-hydroxylation sites is 1. The molecule has 0 saturated heterocycles. The van der Waals surface area contributed by atoms with Gasteiger partial charge in [0.2, 0.25) is 0 Å². The fourth-order valence-corrected chi connectivity index (χ4v) is 3.41. The average molecular weight is 360 g/mol. The van der Waals surface area contributed by atoms with Gasteiger partial charge < -0.3 is 15.2 Å². The number of methoxy groups -OCH3 is 1. The van der Waals surface area contributed by atoms with Crippen molar-refractivity contribution in [1.29, 1.82) is 0 Å². The van der Waals surface area contributed by atoms with Crippen LogP contribution in [0.5, 0.6) is 11.5 Å². The maximum atomic E-state index is 13.3. The Labute approximate surface area is 157 Å². The minimum absolute atomic E-state index is 0.0345. The summed E-state index contributed by atoms with van der Waals surface area (Å²) in [5.74, 6) is 0.339. The van der Waals surface area contributed by atoms with E-state index >= 15 is 0 Å². The Bertz CT molecular complexity index is 1020. The molecule has 0 saturated carbocycles. The number of ether oxygens (including phenoxy) is 1. The third kappa shape index (κ3) is 2.97. The van der Waals surface area contributed by atoms with Crippen LogP contribution in [0.15, 0.2) is 66.7 Å². The molecule has 0 aromatic heterocycles. The maximum Gasteiger partial charge on any atom is 0.262 e. The van der Waals surface area contributed by atoms with Crippen molar-refractivity contribution in [3.63, 3.8) is 0 Å². The number of amides is 1. The number of hydrogen-bond acceptors (Lipinski definition) is 4. The number of hydrogen-bond donors (Lipinski definition) is 2. The first-order valence-corrected chi connectivity index (χ1v) is 8.71. The van der Waals surface area contributed by atoms with Gasteiger partial charge in [0.15, 0.2) is 11.5 Å². The number of nitrogens with one attached hydrogen (secondary N) is 1. The molecular formula is C22H20N2O3. The van der Waals surface area contributed by atoms with Crippen LogP contribution in [0, 0.1) is 6.92 Å². The summed E-state index contributed by atoms with van der Waals surface area (Å²) in [6.07, 6.45) is -0.453. The largest absolute Gasteiger partial charge is 0.504 e. The van der Waals surface area contributed by atoms with Gasteiger partial charge >= 0.3 is 0 Å². The number of anilines is 2. The molecule has 0 spiro atoms. The molecule has 5 nitrogen and oxygen atoms in total. The highest BCUT2D eigenvalue weighted by molar-refractivity contribution is 6.12. The van der Waals surface area contributed by atoms with Crippen LogP contribution in [0.3, 0.4) is 0 Å². The Morgan fingerprint density at radius 1 is 1.04 bits per heavy atom. The lowest BCUT2D eigenvalue weighted by atomic mass is 10.0. The smallest absolute Gasteiger partial charge is 0.262 e. The molecule has 27 heavy (non-hydrogen) atoms. The van der Waals surface area contributed by atoms with Crippen LogP contribution in [0.25, 0.3) is 0 Å². The normalized spacial score (nSPS) is 15.9. The molecule has 136 valence electrons. The molecule has 4 rings (SSSR count). The summed E-state index contributed by atoms with van der Waals surface area (Å²) >= 11 is 0. The van der Waals surface area contributed by atoms with Gasteiger partial charge in [0, 0.05) is 11.4 Å². The summed E-state index contributed by atoms with van der Waals surface area (Å²) in [6, 6.07) is 20.4. The first kappa shape index (κ1) is 17.0. The molecule has 1 atom stereocenters. The third-order valence-electron chi connectivity index (χ3n) is 4.73. The molecule has 0 radical (unpaired) electrons. The van der Waals surface area contributed by atoms with E-state index in [0.29, 0.717) is 11.3 Å². The molecule has 3 aromatic carbocycles. The predicted octanol–water partition coefficient (Wildman–Crippen LogP) is 4.48. The molecule has 0 fully saturated rings. The number of rotatable bonds is 3. The Morgan fingerprint density at radius 3 is 2.59 bits per heavy atom. The number of phenols is 1. The first-order valence-electron chi connectivity index (χ1n) is 8.71. The van der Waals surface area contributed by atoms with Crippen LogP contribution in [0.2, 0.25) is 0 Å². The van der Waals surface area contributed by atoms with E-state index in [1.54, 1.807) is 17.0 Å². The Kier molecular flexibility index (Phi) is 4.20. The lowest BCUT2D eigenvalue weighted by molar-refractivity contribution is 0.0975. The van der Waals surface area contributed by atoms with E-state index in [0.717, 1.165) is 22.5 Å². The van der Waals surface area contributed by atoms with Crippen molar-refractivity contribution >= 4 is 17.3 Å². The molecule has 5 heteroatoms. The molecule has 0 aliphatic carbocycles.